The van der Waals surface area contributed by atoms with Crippen molar-refractivity contribution < 1.29 is 0 Å². The van der Waals surface area contributed by atoms with Gasteiger partial charge in [-0.05, 0) is 39.3 Å². The number of hydrogen-bond donors (Lipinski definition) is 0. The molecule has 2 rings (SSSR count). The lowest BCUT2D eigenvalue weighted by Gasteiger charge is -2.16. The minimum Gasteiger partial charge on any atom is -0.301 e. The lowest BCUT2D eigenvalue weighted by Crippen LogP contribution is -2.25. The Morgan fingerprint density at radius 3 is 1.90 bits per heavy atom. The molecular formula is C9H19N. The quantitative estimate of drug-likeness (QED) is 0.500. The van der Waals surface area contributed by atoms with Crippen molar-refractivity contribution >= 4 is 0 Å². The summed E-state index contributed by atoms with van der Waals surface area (Å²) in [5.41, 5.74) is 0.736. The minimum atomic E-state index is 0.736. The van der Waals surface area contributed by atoms with E-state index in [1.165, 1.54) is 32.2 Å². The summed E-state index contributed by atoms with van der Waals surface area (Å²) >= 11 is 0. The predicted molar refractivity (Wildman–Crippen MR) is 45.2 cm³/mol. The van der Waals surface area contributed by atoms with Gasteiger partial charge in [-0.1, -0.05) is 13.8 Å². The topological polar surface area (TPSA) is 3.24 Å². The van der Waals surface area contributed by atoms with Crippen LogP contribution in [0.4, 0.5) is 0 Å². The molecule has 0 amide bonds. The Balaban J connectivity index is 0.000000231. The minimum absolute atomic E-state index is 0.736. The van der Waals surface area contributed by atoms with Crippen molar-refractivity contribution in [3.05, 3.63) is 0 Å². The van der Waals surface area contributed by atoms with Crippen LogP contribution in [0.3, 0.4) is 0 Å². The molecule has 0 atom stereocenters. The first-order valence-electron chi connectivity index (χ1n) is 4.55. The van der Waals surface area contributed by atoms with Crippen molar-refractivity contribution in [2.75, 3.05) is 13.6 Å². The van der Waals surface area contributed by atoms with E-state index < -0.39 is 0 Å². The van der Waals surface area contributed by atoms with Gasteiger partial charge in [0.05, 0.1) is 0 Å². The SMILES string of the molecule is CC.CN1CCCC12CC2. The molecule has 0 radical (unpaired) electrons. The smallest absolute Gasteiger partial charge is 0.0208 e. The van der Waals surface area contributed by atoms with Gasteiger partial charge < -0.3 is 4.90 Å². The molecule has 10 heavy (non-hydrogen) atoms. The molecule has 1 spiro atoms. The van der Waals surface area contributed by atoms with Gasteiger partial charge >= 0.3 is 0 Å². The zero-order valence-electron chi connectivity index (χ0n) is 7.48. The molecule has 0 aromatic heterocycles. The third-order valence-electron chi connectivity index (χ3n) is 2.77. The van der Waals surface area contributed by atoms with Gasteiger partial charge in [-0.2, -0.15) is 0 Å². The molecule has 1 saturated heterocycles. The van der Waals surface area contributed by atoms with E-state index in [0.717, 1.165) is 5.54 Å². The number of rotatable bonds is 0. The van der Waals surface area contributed by atoms with Crippen LogP contribution in [-0.2, 0) is 0 Å². The maximum atomic E-state index is 2.53. The van der Waals surface area contributed by atoms with Gasteiger partial charge in [0.1, 0.15) is 0 Å². The lowest BCUT2D eigenvalue weighted by molar-refractivity contribution is 0.291. The number of nitrogens with zero attached hydrogens (tertiary/aromatic N) is 1. The molecule has 1 heterocycles. The standard InChI is InChI=1S/C7H13N.C2H6/c1-8-6-2-3-7(8)4-5-7;1-2/h2-6H2,1H3;1-2H3. The zero-order chi connectivity index (χ0) is 7.61. The maximum absolute atomic E-state index is 2.53. The van der Waals surface area contributed by atoms with Crippen molar-refractivity contribution in [2.24, 2.45) is 0 Å². The largest absolute Gasteiger partial charge is 0.301 e. The molecule has 0 aromatic carbocycles. The highest BCUT2D eigenvalue weighted by atomic mass is 15.2. The van der Waals surface area contributed by atoms with Crippen molar-refractivity contribution in [1.29, 1.82) is 0 Å². The number of hydrogen-bond acceptors (Lipinski definition) is 1. The molecule has 1 nitrogen and oxygen atoms in total. The molecule has 0 bridgehead atoms. The van der Waals surface area contributed by atoms with E-state index in [4.69, 9.17) is 0 Å². The van der Waals surface area contributed by atoms with Crippen molar-refractivity contribution in [2.45, 2.75) is 45.1 Å². The van der Waals surface area contributed by atoms with Crippen LogP contribution < -0.4 is 0 Å². The Kier molecular flexibility index (Phi) is 2.35. The fourth-order valence-corrected chi connectivity index (χ4v) is 1.85. The van der Waals surface area contributed by atoms with Gasteiger partial charge in [0.2, 0.25) is 0 Å². The summed E-state index contributed by atoms with van der Waals surface area (Å²) in [6, 6.07) is 0. The third-order valence-corrected chi connectivity index (χ3v) is 2.77. The summed E-state index contributed by atoms with van der Waals surface area (Å²) in [7, 11) is 2.26. The second-order valence-corrected chi connectivity index (χ2v) is 3.25. The molecule has 0 unspecified atom stereocenters. The first-order chi connectivity index (χ1) is 4.83. The Labute approximate surface area is 64.4 Å². The van der Waals surface area contributed by atoms with Crippen LogP contribution in [0.15, 0.2) is 0 Å². The maximum Gasteiger partial charge on any atom is 0.0208 e. The monoisotopic (exact) mass is 141 g/mol. The fourth-order valence-electron chi connectivity index (χ4n) is 1.85. The van der Waals surface area contributed by atoms with Crippen LogP contribution in [0.1, 0.15) is 39.5 Å². The second-order valence-electron chi connectivity index (χ2n) is 3.25. The molecule has 2 aliphatic rings. The van der Waals surface area contributed by atoms with Crippen LogP contribution >= 0.6 is 0 Å². The molecule has 1 saturated carbocycles. The molecule has 1 heteroatoms. The van der Waals surface area contributed by atoms with Gasteiger partial charge in [0, 0.05) is 5.54 Å². The highest BCUT2D eigenvalue weighted by Crippen LogP contribution is 2.48. The molecule has 1 aliphatic carbocycles. The molecule has 2 fully saturated rings. The van der Waals surface area contributed by atoms with Crippen molar-refractivity contribution in [3.63, 3.8) is 0 Å². The summed E-state index contributed by atoms with van der Waals surface area (Å²) < 4.78 is 0. The van der Waals surface area contributed by atoms with E-state index in [-0.39, 0.29) is 0 Å². The third kappa shape index (κ3) is 1.20. The summed E-state index contributed by atoms with van der Waals surface area (Å²) in [6.45, 7) is 5.35. The van der Waals surface area contributed by atoms with Crippen LogP contribution in [0, 0.1) is 0 Å². The highest BCUT2D eigenvalue weighted by molar-refractivity contribution is 5.05. The summed E-state index contributed by atoms with van der Waals surface area (Å²) in [5, 5.41) is 0. The second kappa shape index (κ2) is 2.91. The lowest BCUT2D eigenvalue weighted by atomic mass is 10.2. The van der Waals surface area contributed by atoms with E-state index in [0.29, 0.717) is 0 Å². The van der Waals surface area contributed by atoms with Gasteiger partial charge in [0.15, 0.2) is 0 Å². The first kappa shape index (κ1) is 8.06. The van der Waals surface area contributed by atoms with Gasteiger partial charge in [-0.15, -0.1) is 0 Å². The van der Waals surface area contributed by atoms with Crippen LogP contribution in [0.25, 0.3) is 0 Å². The molecule has 60 valence electrons. The Bertz CT molecular complexity index is 105. The normalized spacial score (nSPS) is 27.9. The summed E-state index contributed by atoms with van der Waals surface area (Å²) in [4.78, 5) is 2.53. The Morgan fingerprint density at radius 2 is 1.70 bits per heavy atom. The molecule has 0 aromatic rings. The van der Waals surface area contributed by atoms with E-state index in [1.54, 1.807) is 0 Å². The average Bonchev–Trinajstić information content (AvgIpc) is 2.65. The average molecular weight is 141 g/mol. The highest BCUT2D eigenvalue weighted by Gasteiger charge is 2.48. The number of likely N-dealkylation sites (tertiary alicyclic amines) is 1. The van der Waals surface area contributed by atoms with E-state index in [1.807, 2.05) is 13.8 Å². The predicted octanol–water partition coefficient (Wildman–Crippen LogP) is 2.27. The molecule has 0 N–H and O–H groups in total. The van der Waals surface area contributed by atoms with Crippen molar-refractivity contribution in [3.8, 4) is 0 Å². The van der Waals surface area contributed by atoms with Gasteiger partial charge in [-0.25, -0.2) is 0 Å². The van der Waals surface area contributed by atoms with Crippen LogP contribution in [-0.4, -0.2) is 24.0 Å². The summed E-state index contributed by atoms with van der Waals surface area (Å²) in [5.74, 6) is 0. The van der Waals surface area contributed by atoms with Crippen LogP contribution in [0.2, 0.25) is 0 Å². The van der Waals surface area contributed by atoms with Crippen molar-refractivity contribution in [1.82, 2.24) is 4.90 Å². The zero-order valence-corrected chi connectivity index (χ0v) is 7.48. The van der Waals surface area contributed by atoms with Crippen LogP contribution in [0.5, 0.6) is 0 Å². The fraction of sp³-hybridized carbons (Fsp3) is 1.00. The van der Waals surface area contributed by atoms with Gasteiger partial charge in [-0.3, -0.25) is 0 Å². The molecular weight excluding hydrogens is 122 g/mol. The van der Waals surface area contributed by atoms with E-state index >= 15 is 0 Å². The Morgan fingerprint density at radius 1 is 1.10 bits per heavy atom. The van der Waals surface area contributed by atoms with E-state index in [9.17, 15) is 0 Å². The summed E-state index contributed by atoms with van der Waals surface area (Å²) in [6.07, 6.45) is 5.87. The van der Waals surface area contributed by atoms with Gasteiger partial charge in [0.25, 0.3) is 0 Å². The Hall–Kier alpha value is -0.0400. The first-order valence-corrected chi connectivity index (χ1v) is 4.55. The molecule has 1 aliphatic heterocycles. The van der Waals surface area contributed by atoms with E-state index in [2.05, 4.69) is 11.9 Å².